The summed E-state index contributed by atoms with van der Waals surface area (Å²) < 4.78 is 14.9. The fraction of sp³-hybridized carbons (Fsp3) is 1.00. The van der Waals surface area contributed by atoms with Crippen molar-refractivity contribution in [1.82, 2.24) is 0 Å². The number of hydrogen-bond acceptors (Lipinski definition) is 2. The third-order valence-electron chi connectivity index (χ3n) is 0.914. The summed E-state index contributed by atoms with van der Waals surface area (Å²) in [5.41, 5.74) is -0.299. The Morgan fingerprint density at radius 3 is 1.42 bits per heavy atom. The van der Waals surface area contributed by atoms with Gasteiger partial charge < -0.3 is 9.42 Å². The zero-order valence-corrected chi connectivity index (χ0v) is 19.8. The normalized spacial score (nSPS) is 12.4. The van der Waals surface area contributed by atoms with E-state index in [-0.39, 0.29) is 136 Å². The molecule has 0 aliphatic heterocycles. The van der Waals surface area contributed by atoms with Crippen LogP contribution in [0.4, 0.5) is 0 Å². The van der Waals surface area contributed by atoms with Crippen LogP contribution in [0.25, 0.3) is 0 Å². The van der Waals surface area contributed by atoms with E-state index in [4.69, 9.17) is 4.89 Å². The molecule has 0 rings (SSSR count). The van der Waals surface area contributed by atoms with Crippen LogP contribution < -0.4 is 0 Å². The Bertz CT molecular complexity index is 121. The molecular formula is C4H11O3PY4. The van der Waals surface area contributed by atoms with Gasteiger partial charge in [0, 0.05) is 138 Å². The van der Waals surface area contributed by atoms with Crippen molar-refractivity contribution in [1.29, 1.82) is 0 Å². The van der Waals surface area contributed by atoms with E-state index in [9.17, 15) is 4.57 Å². The molecule has 0 aromatic carbocycles. The Morgan fingerprint density at radius 1 is 1.17 bits per heavy atom. The second-order valence-electron chi connectivity index (χ2n) is 1.84. The van der Waals surface area contributed by atoms with Crippen molar-refractivity contribution in [2.75, 3.05) is 7.11 Å². The van der Waals surface area contributed by atoms with Crippen molar-refractivity contribution in [2.24, 2.45) is 0 Å². The van der Waals surface area contributed by atoms with E-state index >= 15 is 0 Å². The van der Waals surface area contributed by atoms with Crippen LogP contribution >= 0.6 is 7.60 Å². The molecule has 0 amide bonds. The van der Waals surface area contributed by atoms with Crippen LogP contribution in [0, 0.1) is 0 Å². The average molecular weight is 494 g/mol. The summed E-state index contributed by atoms with van der Waals surface area (Å²) in [5, 5.41) is 0. The molecule has 0 aromatic rings. The fourth-order valence-electron chi connectivity index (χ4n) is 0.211. The summed E-state index contributed by atoms with van der Waals surface area (Å²) in [6, 6.07) is 0. The Morgan fingerprint density at radius 2 is 1.42 bits per heavy atom. The van der Waals surface area contributed by atoms with Crippen molar-refractivity contribution in [3.05, 3.63) is 0 Å². The van der Waals surface area contributed by atoms with Crippen molar-refractivity contribution >= 4 is 7.60 Å². The van der Waals surface area contributed by atoms with Gasteiger partial charge in [0.15, 0.2) is 0 Å². The molecule has 0 saturated carbocycles. The quantitative estimate of drug-likeness (QED) is 0.589. The van der Waals surface area contributed by atoms with Gasteiger partial charge in [-0.25, -0.2) is 0 Å². The largest absolute Gasteiger partial charge is 0.330 e. The molecule has 4 radical (unpaired) electrons. The minimum Gasteiger partial charge on any atom is -0.324 e. The molecule has 0 fully saturated rings. The molecular weight excluding hydrogens is 483 g/mol. The van der Waals surface area contributed by atoms with Crippen LogP contribution in [0.2, 0.25) is 0 Å². The smallest absolute Gasteiger partial charge is 0.324 e. The third kappa shape index (κ3) is 14.6. The zero-order chi connectivity index (χ0) is 6.78. The Balaban J connectivity index is -0.0000000408. The average Bonchev–Trinajstić information content (AvgIpc) is 1.67. The molecule has 1 N–H and O–H groups in total. The molecule has 0 spiro atoms. The minimum atomic E-state index is -3.25. The molecule has 0 bridgehead atoms. The zero-order valence-electron chi connectivity index (χ0n) is 7.60. The van der Waals surface area contributed by atoms with Gasteiger partial charge in [0.1, 0.15) is 0 Å². The molecule has 8 heteroatoms. The number of hydrogen-bond donors (Lipinski definition) is 1. The summed E-state index contributed by atoms with van der Waals surface area (Å²) in [6.07, 6.45) is 0. The van der Waals surface area contributed by atoms with Gasteiger partial charge in [0.25, 0.3) is 0 Å². The Kier molecular flexibility index (Phi) is 38.9. The predicted octanol–water partition coefficient (Wildman–Crippen LogP) is 1.22. The van der Waals surface area contributed by atoms with E-state index in [1.807, 2.05) is 0 Å². The summed E-state index contributed by atoms with van der Waals surface area (Å²) in [5.74, 6) is 0. The van der Waals surface area contributed by atoms with Gasteiger partial charge >= 0.3 is 7.60 Å². The summed E-state index contributed by atoms with van der Waals surface area (Å²) >= 11 is 0. The second-order valence-corrected chi connectivity index (χ2v) is 4.37. The van der Waals surface area contributed by atoms with E-state index in [1.165, 1.54) is 7.11 Å². The van der Waals surface area contributed by atoms with Gasteiger partial charge in [-0.15, -0.1) is 0 Å². The van der Waals surface area contributed by atoms with Crippen molar-refractivity contribution in [2.45, 2.75) is 19.5 Å². The molecule has 0 aliphatic rings. The number of rotatable bonds is 2. The van der Waals surface area contributed by atoms with Crippen LogP contribution in [0.1, 0.15) is 13.8 Å². The molecule has 1 atom stereocenters. The minimum absolute atomic E-state index is 0. The summed E-state index contributed by atoms with van der Waals surface area (Å²) in [6.45, 7) is 3.29. The first-order valence-electron chi connectivity index (χ1n) is 2.39. The first-order valence-corrected chi connectivity index (χ1v) is 4.03. The summed E-state index contributed by atoms with van der Waals surface area (Å²) in [7, 11) is -2.01. The molecule has 0 aromatic heterocycles. The van der Waals surface area contributed by atoms with E-state index in [0.29, 0.717) is 0 Å². The SMILES string of the molecule is COP(=O)(O)C(C)C.[Y].[Y].[Y].[Y]. The molecule has 62 valence electrons. The first-order chi connectivity index (χ1) is 3.50. The summed E-state index contributed by atoms with van der Waals surface area (Å²) in [4.78, 5) is 8.73. The topological polar surface area (TPSA) is 46.5 Å². The van der Waals surface area contributed by atoms with Gasteiger partial charge in [-0.3, -0.25) is 4.57 Å². The van der Waals surface area contributed by atoms with Crippen LogP contribution in [0.3, 0.4) is 0 Å². The molecule has 0 saturated heterocycles. The van der Waals surface area contributed by atoms with Gasteiger partial charge in [-0.05, 0) is 0 Å². The van der Waals surface area contributed by atoms with Crippen LogP contribution in [-0.2, 0) is 140 Å². The Hall–Kier alpha value is 4.57. The maximum atomic E-state index is 10.6. The predicted molar refractivity (Wildman–Crippen MR) is 32.0 cm³/mol. The fourth-order valence-corrected chi connectivity index (χ4v) is 0.632. The second kappa shape index (κ2) is 15.6. The van der Waals surface area contributed by atoms with Gasteiger partial charge in [0.05, 0.1) is 5.66 Å². The monoisotopic (exact) mass is 494 g/mol. The van der Waals surface area contributed by atoms with Crippen molar-refractivity contribution < 1.29 is 145 Å². The molecule has 0 aliphatic carbocycles. The van der Waals surface area contributed by atoms with Gasteiger partial charge in [0.2, 0.25) is 0 Å². The van der Waals surface area contributed by atoms with Crippen LogP contribution in [0.15, 0.2) is 0 Å². The van der Waals surface area contributed by atoms with E-state index in [0.717, 1.165) is 0 Å². The maximum Gasteiger partial charge on any atom is 0.330 e. The first kappa shape index (κ1) is 30.0. The molecule has 12 heavy (non-hydrogen) atoms. The Labute approximate surface area is 175 Å². The molecule has 1 unspecified atom stereocenters. The standard InChI is InChI=1S/C4H11O3P.4Y/c1-4(2)8(5,6)7-3;;;;/h4H,1-3H3,(H,5,6);;;;. The van der Waals surface area contributed by atoms with Crippen LogP contribution in [-0.4, -0.2) is 17.7 Å². The molecule has 0 heterocycles. The third-order valence-corrected chi connectivity index (χ3v) is 2.74. The van der Waals surface area contributed by atoms with Gasteiger partial charge in [-0.1, -0.05) is 13.8 Å². The van der Waals surface area contributed by atoms with Crippen molar-refractivity contribution in [3.8, 4) is 0 Å². The van der Waals surface area contributed by atoms with E-state index in [1.54, 1.807) is 13.8 Å². The maximum absolute atomic E-state index is 10.6. The van der Waals surface area contributed by atoms with Crippen molar-refractivity contribution in [3.63, 3.8) is 0 Å². The van der Waals surface area contributed by atoms with Crippen LogP contribution in [0.5, 0.6) is 0 Å². The van der Waals surface area contributed by atoms with Gasteiger partial charge in [-0.2, -0.15) is 0 Å². The van der Waals surface area contributed by atoms with E-state index < -0.39 is 7.60 Å². The van der Waals surface area contributed by atoms with E-state index in [2.05, 4.69) is 4.52 Å². The molecule has 3 nitrogen and oxygen atoms in total.